The molecule has 4 aromatic rings. The zero-order valence-corrected chi connectivity index (χ0v) is 20.9. The van der Waals surface area contributed by atoms with E-state index in [4.69, 9.17) is 5.73 Å². The highest BCUT2D eigenvalue weighted by Crippen LogP contribution is 2.34. The van der Waals surface area contributed by atoms with Crippen molar-refractivity contribution >= 4 is 15.9 Å². The van der Waals surface area contributed by atoms with Gasteiger partial charge in [0.05, 0.1) is 25.0 Å². The number of carbonyl (C=O) groups is 1. The number of imidazole rings is 1. The number of primary amides is 1. The molecule has 1 aliphatic heterocycles. The van der Waals surface area contributed by atoms with Gasteiger partial charge in [-0.25, -0.2) is 22.8 Å². The van der Waals surface area contributed by atoms with Crippen LogP contribution in [-0.2, 0) is 23.1 Å². The van der Waals surface area contributed by atoms with E-state index in [9.17, 15) is 30.8 Å². The number of aromatic nitrogens is 4. The Balaban J connectivity index is 0.000000438. The van der Waals surface area contributed by atoms with E-state index in [1.54, 1.807) is 0 Å². The maximum absolute atomic E-state index is 13.8. The van der Waals surface area contributed by atoms with Crippen molar-refractivity contribution in [3.8, 4) is 11.6 Å². The molecule has 0 atom stereocenters. The highest BCUT2D eigenvalue weighted by molar-refractivity contribution is 7.89. The van der Waals surface area contributed by atoms with E-state index in [2.05, 4.69) is 38.7 Å². The van der Waals surface area contributed by atoms with Gasteiger partial charge in [0, 0.05) is 12.4 Å². The minimum Gasteiger partial charge on any atom is -0.404 e. The van der Waals surface area contributed by atoms with Crippen molar-refractivity contribution in [2.45, 2.75) is 31.3 Å². The second-order valence-corrected chi connectivity index (χ2v) is 10.1. The Bertz CT molecular complexity index is 1610. The maximum atomic E-state index is 13.8. The zero-order chi connectivity index (χ0) is 28.4. The van der Waals surface area contributed by atoms with E-state index < -0.39 is 51.8 Å². The number of nitrogens with zero attached hydrogens (tertiary/aromatic N) is 5. The molecule has 2 N–H and O–H groups in total. The van der Waals surface area contributed by atoms with Crippen molar-refractivity contribution in [1.29, 1.82) is 0 Å². The van der Waals surface area contributed by atoms with Gasteiger partial charge in [-0.1, -0.05) is 35.9 Å². The van der Waals surface area contributed by atoms with Crippen LogP contribution in [0.15, 0.2) is 72.0 Å². The lowest BCUT2D eigenvalue weighted by Crippen LogP contribution is -2.31. The third-order valence-corrected chi connectivity index (χ3v) is 7.20. The number of nitrogens with two attached hydrogens (primary N) is 1. The molecule has 0 radical (unpaired) electrons. The van der Waals surface area contributed by atoms with Gasteiger partial charge in [-0.15, -0.1) is 13.2 Å². The first-order valence-corrected chi connectivity index (χ1v) is 12.5. The van der Waals surface area contributed by atoms with Crippen molar-refractivity contribution in [2.24, 2.45) is 5.73 Å². The average Bonchev–Trinajstić information content (AvgIpc) is 3.21. The van der Waals surface area contributed by atoms with Gasteiger partial charge in [0.2, 0.25) is 10.0 Å². The molecule has 0 saturated heterocycles. The number of hydrogen-bond donors (Lipinski definition) is 1. The number of alkyl halides is 3. The fraction of sp³-hybridized carbons (Fsp3) is 0.167. The Kier molecular flexibility index (Phi) is 7.65. The van der Waals surface area contributed by atoms with Crippen molar-refractivity contribution in [1.82, 2.24) is 23.8 Å². The Morgan fingerprint density at radius 1 is 1.03 bits per heavy atom. The molecule has 0 fully saturated rings. The summed E-state index contributed by atoms with van der Waals surface area (Å²) in [7, 11) is -4.78. The molecule has 5 rings (SSSR count). The van der Waals surface area contributed by atoms with Crippen LogP contribution in [0.1, 0.15) is 27.6 Å². The number of carbonyl (C=O) groups excluding carboxylic acids is 1. The number of halogens is 4. The Morgan fingerprint density at radius 3 is 2.33 bits per heavy atom. The molecule has 3 heterocycles. The van der Waals surface area contributed by atoms with Gasteiger partial charge in [0.1, 0.15) is 28.0 Å². The first-order valence-electron chi connectivity index (χ1n) is 11.1. The summed E-state index contributed by atoms with van der Waals surface area (Å²) in [4.78, 5) is 22.9. The standard InChI is InChI=1S/C17H12F4N6O4S.C7H8/c18-9-1-2-12(31-17(19,20)21)13(5-9)32(29,30)26-7-10-16(24-4-3-23-10)27-11(15(22)28)6-25-14(27)8-26;1-7-5-3-2-4-6-7/h1-6H,7-8H2,(H2,22,28);2-6H,1H3. The first kappa shape index (κ1) is 27.7. The van der Waals surface area contributed by atoms with Gasteiger partial charge in [0.25, 0.3) is 5.91 Å². The van der Waals surface area contributed by atoms with Gasteiger partial charge in [-0.2, -0.15) is 4.31 Å². The van der Waals surface area contributed by atoms with E-state index in [0.29, 0.717) is 18.2 Å². The summed E-state index contributed by atoms with van der Waals surface area (Å²) in [6.45, 7) is 1.12. The zero-order valence-electron chi connectivity index (χ0n) is 20.1. The fourth-order valence-electron chi connectivity index (χ4n) is 3.69. The van der Waals surface area contributed by atoms with Crippen LogP contribution in [0.25, 0.3) is 5.82 Å². The van der Waals surface area contributed by atoms with Crippen LogP contribution in [0.3, 0.4) is 0 Å². The number of sulfonamides is 1. The van der Waals surface area contributed by atoms with Crippen LogP contribution in [0, 0.1) is 12.7 Å². The number of ether oxygens (including phenoxy) is 1. The van der Waals surface area contributed by atoms with Gasteiger partial charge in [-0.3, -0.25) is 14.3 Å². The van der Waals surface area contributed by atoms with Crippen LogP contribution in [0.4, 0.5) is 17.6 Å². The molecule has 0 aliphatic carbocycles. The minimum atomic E-state index is -5.22. The highest BCUT2D eigenvalue weighted by Gasteiger charge is 2.38. The molecule has 2 aromatic carbocycles. The Hall–Kier alpha value is -4.37. The molecule has 1 amide bonds. The van der Waals surface area contributed by atoms with Crippen LogP contribution in [-0.4, -0.2) is 44.5 Å². The summed E-state index contributed by atoms with van der Waals surface area (Å²) in [5, 5.41) is 0. The number of benzene rings is 2. The summed E-state index contributed by atoms with van der Waals surface area (Å²) >= 11 is 0. The molecule has 2 aromatic heterocycles. The lowest BCUT2D eigenvalue weighted by molar-refractivity contribution is -0.275. The number of aryl methyl sites for hydroxylation is 1. The largest absolute Gasteiger partial charge is 0.573 e. The number of hydrogen-bond acceptors (Lipinski definition) is 7. The topological polar surface area (TPSA) is 133 Å². The molecular weight excluding hydrogens is 544 g/mol. The average molecular weight is 565 g/mol. The van der Waals surface area contributed by atoms with E-state index in [-0.39, 0.29) is 23.0 Å². The molecule has 39 heavy (non-hydrogen) atoms. The second kappa shape index (κ2) is 10.8. The summed E-state index contributed by atoms with van der Waals surface area (Å²) < 4.78 is 84.5. The summed E-state index contributed by atoms with van der Waals surface area (Å²) in [5.74, 6) is -3.01. The third-order valence-electron chi connectivity index (χ3n) is 5.38. The monoisotopic (exact) mass is 564 g/mol. The van der Waals surface area contributed by atoms with Crippen LogP contribution >= 0.6 is 0 Å². The van der Waals surface area contributed by atoms with E-state index in [1.165, 1.54) is 22.5 Å². The van der Waals surface area contributed by atoms with Gasteiger partial charge < -0.3 is 10.5 Å². The summed E-state index contributed by atoms with van der Waals surface area (Å²) in [5.41, 5.74) is 6.63. The van der Waals surface area contributed by atoms with Crippen molar-refractivity contribution in [3.63, 3.8) is 0 Å². The Labute approximate surface area is 219 Å². The molecule has 10 nitrogen and oxygen atoms in total. The van der Waals surface area contributed by atoms with Crippen LogP contribution in [0.5, 0.6) is 5.75 Å². The van der Waals surface area contributed by atoms with Crippen LogP contribution in [0.2, 0.25) is 0 Å². The molecule has 0 saturated carbocycles. The van der Waals surface area contributed by atoms with E-state index >= 15 is 0 Å². The quantitative estimate of drug-likeness (QED) is 0.375. The smallest absolute Gasteiger partial charge is 0.404 e. The fourth-order valence-corrected chi connectivity index (χ4v) is 5.17. The number of fused-ring (bicyclic) bond motifs is 3. The third kappa shape index (κ3) is 6.21. The highest BCUT2D eigenvalue weighted by atomic mass is 32.2. The van der Waals surface area contributed by atoms with Gasteiger partial charge >= 0.3 is 6.36 Å². The lowest BCUT2D eigenvalue weighted by Gasteiger charge is -2.21. The second-order valence-electron chi connectivity index (χ2n) is 8.15. The molecule has 0 bridgehead atoms. The predicted molar refractivity (Wildman–Crippen MR) is 128 cm³/mol. The van der Waals surface area contributed by atoms with Crippen molar-refractivity contribution in [3.05, 3.63) is 95.7 Å². The molecular formula is C24H20F4N6O4S. The van der Waals surface area contributed by atoms with E-state index in [0.717, 1.165) is 10.5 Å². The maximum Gasteiger partial charge on any atom is 0.573 e. The number of amides is 1. The summed E-state index contributed by atoms with van der Waals surface area (Å²) in [6, 6.07) is 11.9. The molecule has 1 aliphatic rings. The normalized spacial score (nSPS) is 13.4. The van der Waals surface area contributed by atoms with Crippen LogP contribution < -0.4 is 10.5 Å². The van der Waals surface area contributed by atoms with Crippen molar-refractivity contribution < 1.29 is 35.5 Å². The molecule has 204 valence electrons. The van der Waals surface area contributed by atoms with Gasteiger partial charge in [-0.05, 0) is 25.1 Å². The minimum absolute atomic E-state index is 0.00341. The predicted octanol–water partition coefficient (Wildman–Crippen LogP) is 3.50. The SMILES string of the molecule is Cc1ccccc1.NC(=O)c1cnc2n1-c1nccnc1CN(S(=O)(=O)c1cc(F)ccc1OC(F)(F)F)C2. The first-order chi connectivity index (χ1) is 18.4. The molecule has 15 heteroatoms. The number of rotatable bonds is 4. The van der Waals surface area contributed by atoms with Crippen molar-refractivity contribution in [2.75, 3.05) is 0 Å². The lowest BCUT2D eigenvalue weighted by atomic mass is 10.2. The van der Waals surface area contributed by atoms with Gasteiger partial charge in [0.15, 0.2) is 5.82 Å². The van der Waals surface area contributed by atoms with E-state index in [1.807, 2.05) is 18.2 Å². The Morgan fingerprint density at radius 2 is 1.72 bits per heavy atom. The summed E-state index contributed by atoms with van der Waals surface area (Å²) in [6.07, 6.45) is -1.56. The molecule has 0 spiro atoms. The molecule has 0 unspecified atom stereocenters.